The molecule has 0 aliphatic carbocycles. The van der Waals surface area contributed by atoms with Gasteiger partial charge < -0.3 is 14.5 Å². The number of nitrogens with zero attached hydrogens (tertiary/aromatic N) is 4. The lowest BCUT2D eigenvalue weighted by Gasteiger charge is -2.37. The SMILES string of the molecule is O=C(c1cc([N+](=O)[O-])ccc1N1CCCCC1)N1CCN(CC2CCCO2)CC1. The van der Waals surface area contributed by atoms with Crippen molar-refractivity contribution in [2.75, 3.05) is 57.3 Å². The second-order valence-electron chi connectivity index (χ2n) is 8.23. The number of benzene rings is 1. The van der Waals surface area contributed by atoms with Crippen molar-refractivity contribution in [2.45, 2.75) is 38.2 Å². The molecule has 3 aliphatic rings. The third-order valence-electron chi connectivity index (χ3n) is 6.26. The number of carbonyl (C=O) groups excluding carboxylic acids is 1. The van der Waals surface area contributed by atoms with Gasteiger partial charge in [0, 0.05) is 64.6 Å². The molecule has 0 N–H and O–H groups in total. The van der Waals surface area contributed by atoms with Crippen LogP contribution in [0.4, 0.5) is 11.4 Å². The highest BCUT2D eigenvalue weighted by atomic mass is 16.6. The molecule has 0 radical (unpaired) electrons. The third kappa shape index (κ3) is 4.70. The maximum atomic E-state index is 13.3. The van der Waals surface area contributed by atoms with Crippen molar-refractivity contribution in [2.24, 2.45) is 0 Å². The van der Waals surface area contributed by atoms with Gasteiger partial charge in [-0.3, -0.25) is 19.8 Å². The van der Waals surface area contributed by atoms with Crippen LogP contribution < -0.4 is 4.90 Å². The van der Waals surface area contributed by atoms with Crippen molar-refractivity contribution < 1.29 is 14.5 Å². The molecule has 158 valence electrons. The first-order valence-corrected chi connectivity index (χ1v) is 10.8. The van der Waals surface area contributed by atoms with Crippen molar-refractivity contribution in [3.63, 3.8) is 0 Å². The zero-order valence-electron chi connectivity index (χ0n) is 16.9. The van der Waals surface area contributed by atoms with E-state index in [2.05, 4.69) is 9.80 Å². The van der Waals surface area contributed by atoms with Crippen molar-refractivity contribution >= 4 is 17.3 Å². The van der Waals surface area contributed by atoms with Crippen LogP contribution in [0.1, 0.15) is 42.5 Å². The molecule has 3 aliphatic heterocycles. The molecule has 29 heavy (non-hydrogen) atoms. The smallest absolute Gasteiger partial charge is 0.270 e. The van der Waals surface area contributed by atoms with Crippen LogP contribution in [0.15, 0.2) is 18.2 Å². The van der Waals surface area contributed by atoms with Crippen LogP contribution in [0.2, 0.25) is 0 Å². The Morgan fingerprint density at radius 1 is 1.07 bits per heavy atom. The van der Waals surface area contributed by atoms with E-state index in [0.717, 1.165) is 70.7 Å². The number of amides is 1. The molecule has 1 atom stereocenters. The molecule has 1 unspecified atom stereocenters. The summed E-state index contributed by atoms with van der Waals surface area (Å²) in [5.74, 6) is -0.0916. The molecular formula is C21H30N4O4. The van der Waals surface area contributed by atoms with Crippen molar-refractivity contribution in [1.82, 2.24) is 9.80 Å². The van der Waals surface area contributed by atoms with Crippen LogP contribution in [0, 0.1) is 10.1 Å². The summed E-state index contributed by atoms with van der Waals surface area (Å²) in [6.45, 7) is 6.51. The number of non-ortho nitro benzene ring substituents is 1. The molecule has 0 aromatic heterocycles. The van der Waals surface area contributed by atoms with E-state index in [1.165, 1.54) is 18.6 Å². The lowest BCUT2D eigenvalue weighted by molar-refractivity contribution is -0.384. The second-order valence-corrected chi connectivity index (χ2v) is 8.23. The number of nitro benzene ring substituents is 1. The number of anilines is 1. The molecule has 1 aromatic rings. The standard InChI is InChI=1S/C21H30N4O4/c26-21(24-12-10-22(11-13-24)16-18-5-4-14-29-18)19-15-17(25(27)28)6-7-20(19)23-8-2-1-3-9-23/h6-7,15,18H,1-5,8-14,16H2. The van der Waals surface area contributed by atoms with Gasteiger partial charge in [-0.05, 0) is 38.2 Å². The Bertz CT molecular complexity index is 736. The Hall–Kier alpha value is -2.19. The van der Waals surface area contributed by atoms with Crippen LogP contribution in [-0.2, 0) is 4.74 Å². The maximum absolute atomic E-state index is 13.3. The molecule has 3 fully saturated rings. The van der Waals surface area contributed by atoms with Crippen LogP contribution in [0.25, 0.3) is 0 Å². The third-order valence-corrected chi connectivity index (χ3v) is 6.26. The van der Waals surface area contributed by atoms with E-state index in [9.17, 15) is 14.9 Å². The fourth-order valence-electron chi connectivity index (χ4n) is 4.60. The van der Waals surface area contributed by atoms with E-state index in [4.69, 9.17) is 4.74 Å². The predicted octanol–water partition coefficient (Wildman–Crippen LogP) is 2.52. The Balaban J connectivity index is 1.46. The van der Waals surface area contributed by atoms with E-state index in [1.807, 2.05) is 4.90 Å². The van der Waals surface area contributed by atoms with Gasteiger partial charge in [0.1, 0.15) is 0 Å². The predicted molar refractivity (Wildman–Crippen MR) is 110 cm³/mol. The van der Waals surface area contributed by atoms with E-state index >= 15 is 0 Å². The number of hydrogen-bond acceptors (Lipinski definition) is 6. The van der Waals surface area contributed by atoms with Gasteiger partial charge in [-0.25, -0.2) is 0 Å². The molecule has 8 heteroatoms. The van der Waals surface area contributed by atoms with Crippen LogP contribution in [0.5, 0.6) is 0 Å². The normalized spacial score (nSPS) is 23.4. The first kappa shape index (κ1) is 20.1. The van der Waals surface area contributed by atoms with Gasteiger partial charge in [0.05, 0.1) is 22.3 Å². The van der Waals surface area contributed by atoms with Crippen LogP contribution >= 0.6 is 0 Å². The van der Waals surface area contributed by atoms with E-state index in [1.54, 1.807) is 6.07 Å². The molecule has 8 nitrogen and oxygen atoms in total. The number of carbonyl (C=O) groups is 1. The summed E-state index contributed by atoms with van der Waals surface area (Å²) in [5, 5.41) is 11.3. The summed E-state index contributed by atoms with van der Waals surface area (Å²) < 4.78 is 5.73. The Morgan fingerprint density at radius 2 is 1.83 bits per heavy atom. The van der Waals surface area contributed by atoms with E-state index < -0.39 is 4.92 Å². The number of piperazine rings is 1. The van der Waals surface area contributed by atoms with Crippen molar-refractivity contribution in [3.8, 4) is 0 Å². The highest BCUT2D eigenvalue weighted by Gasteiger charge is 2.29. The number of hydrogen-bond donors (Lipinski definition) is 0. The van der Waals surface area contributed by atoms with Gasteiger partial charge in [0.25, 0.3) is 11.6 Å². The Labute approximate surface area is 171 Å². The summed E-state index contributed by atoms with van der Waals surface area (Å²) in [7, 11) is 0. The molecule has 1 aromatic carbocycles. The monoisotopic (exact) mass is 402 g/mol. The Kier molecular flexibility index (Phi) is 6.30. The fraction of sp³-hybridized carbons (Fsp3) is 0.667. The zero-order chi connectivity index (χ0) is 20.2. The summed E-state index contributed by atoms with van der Waals surface area (Å²) in [4.78, 5) is 30.6. The van der Waals surface area contributed by atoms with Crippen LogP contribution in [0.3, 0.4) is 0 Å². The summed E-state index contributed by atoms with van der Waals surface area (Å²) in [6, 6.07) is 4.73. The Morgan fingerprint density at radius 3 is 2.48 bits per heavy atom. The highest BCUT2D eigenvalue weighted by Crippen LogP contribution is 2.29. The summed E-state index contributed by atoms with van der Waals surface area (Å²) in [6.07, 6.45) is 5.94. The topological polar surface area (TPSA) is 79.2 Å². The quantitative estimate of drug-likeness (QED) is 0.556. The van der Waals surface area contributed by atoms with E-state index in [0.29, 0.717) is 24.8 Å². The second kappa shape index (κ2) is 9.09. The molecule has 0 spiro atoms. The average Bonchev–Trinajstić information content (AvgIpc) is 3.27. The number of ether oxygens (including phenoxy) is 1. The van der Waals surface area contributed by atoms with Gasteiger partial charge in [-0.15, -0.1) is 0 Å². The van der Waals surface area contributed by atoms with Gasteiger partial charge in [-0.2, -0.15) is 0 Å². The van der Waals surface area contributed by atoms with Gasteiger partial charge in [0.15, 0.2) is 0 Å². The minimum Gasteiger partial charge on any atom is -0.377 e. The molecule has 4 rings (SSSR count). The lowest BCUT2D eigenvalue weighted by Crippen LogP contribution is -2.50. The molecule has 1 amide bonds. The first-order valence-electron chi connectivity index (χ1n) is 10.8. The highest BCUT2D eigenvalue weighted by molar-refractivity contribution is 6.00. The van der Waals surface area contributed by atoms with Crippen molar-refractivity contribution in [1.29, 1.82) is 0 Å². The lowest BCUT2D eigenvalue weighted by atomic mass is 10.0. The minimum atomic E-state index is -0.420. The molecule has 0 bridgehead atoms. The van der Waals surface area contributed by atoms with Gasteiger partial charge in [-0.1, -0.05) is 0 Å². The van der Waals surface area contributed by atoms with E-state index in [-0.39, 0.29) is 11.6 Å². The molecular weight excluding hydrogens is 372 g/mol. The largest absolute Gasteiger partial charge is 0.377 e. The molecule has 0 saturated carbocycles. The minimum absolute atomic E-state index is 0.0221. The maximum Gasteiger partial charge on any atom is 0.270 e. The zero-order valence-corrected chi connectivity index (χ0v) is 16.9. The van der Waals surface area contributed by atoms with Crippen molar-refractivity contribution in [3.05, 3.63) is 33.9 Å². The fourth-order valence-corrected chi connectivity index (χ4v) is 4.60. The van der Waals surface area contributed by atoms with Crippen LogP contribution in [-0.4, -0.2) is 79.2 Å². The summed E-state index contributed by atoms with van der Waals surface area (Å²) >= 11 is 0. The molecule has 3 heterocycles. The summed E-state index contributed by atoms with van der Waals surface area (Å²) in [5.41, 5.74) is 1.28. The number of piperidine rings is 1. The number of rotatable bonds is 5. The van der Waals surface area contributed by atoms with Gasteiger partial charge >= 0.3 is 0 Å². The number of nitro groups is 1. The average molecular weight is 402 g/mol. The molecule has 3 saturated heterocycles. The first-order chi connectivity index (χ1) is 14.1. The van der Waals surface area contributed by atoms with Gasteiger partial charge in [0.2, 0.25) is 0 Å².